The lowest BCUT2D eigenvalue weighted by Gasteiger charge is -2.29. The number of allylic oxidation sites excluding steroid dienone is 1. The molecule has 2 heterocycles. The van der Waals surface area contributed by atoms with Crippen LogP contribution in [0, 0.1) is 0 Å². The second kappa shape index (κ2) is 11.9. The van der Waals surface area contributed by atoms with Crippen LogP contribution in [0.3, 0.4) is 0 Å². The predicted molar refractivity (Wildman–Crippen MR) is 126 cm³/mol. The molecule has 0 saturated carbocycles. The van der Waals surface area contributed by atoms with E-state index in [4.69, 9.17) is 4.74 Å². The summed E-state index contributed by atoms with van der Waals surface area (Å²) in [6.45, 7) is 7.04. The maximum Gasteiger partial charge on any atom is 0.253 e. The zero-order chi connectivity index (χ0) is 23.6. The van der Waals surface area contributed by atoms with Crippen molar-refractivity contribution in [3.05, 3.63) is 60.1 Å². The molecular formula is C22H33N5O4S. The van der Waals surface area contributed by atoms with E-state index in [9.17, 15) is 13.2 Å². The van der Waals surface area contributed by atoms with E-state index in [2.05, 4.69) is 20.3 Å². The number of ether oxygens (including phenoxy) is 1. The van der Waals surface area contributed by atoms with Crippen LogP contribution in [0.2, 0.25) is 0 Å². The fourth-order valence-corrected chi connectivity index (χ4v) is 4.12. The van der Waals surface area contributed by atoms with Crippen molar-refractivity contribution in [1.82, 2.24) is 24.7 Å². The Kier molecular flexibility index (Phi) is 9.58. The number of nitrogens with one attached hydrogen (secondary N) is 3. The summed E-state index contributed by atoms with van der Waals surface area (Å²) in [4.78, 5) is 16.6. The third-order valence-corrected chi connectivity index (χ3v) is 6.05. The zero-order valence-corrected chi connectivity index (χ0v) is 19.9. The fraction of sp³-hybridized carbons (Fsp3) is 0.455. The molecule has 0 fully saturated rings. The van der Waals surface area contributed by atoms with Gasteiger partial charge in [0.05, 0.1) is 16.9 Å². The Hall–Kier alpha value is -2.53. The zero-order valence-electron chi connectivity index (χ0n) is 19.1. The first-order chi connectivity index (χ1) is 15.2. The van der Waals surface area contributed by atoms with Gasteiger partial charge in [-0.1, -0.05) is 18.2 Å². The third kappa shape index (κ3) is 7.86. The van der Waals surface area contributed by atoms with Crippen LogP contribution in [-0.2, 0) is 14.8 Å². The van der Waals surface area contributed by atoms with Crippen molar-refractivity contribution >= 4 is 21.6 Å². The molecule has 0 saturated heterocycles. The molecule has 0 aliphatic heterocycles. The molecule has 2 aromatic heterocycles. The number of likely N-dealkylation sites (N-methyl/N-ethyl adjacent to an activating group) is 1. The normalized spacial score (nSPS) is 14.7. The minimum absolute atomic E-state index is 0.169. The topological polar surface area (TPSA) is 114 Å². The lowest BCUT2D eigenvalue weighted by molar-refractivity contribution is -0.0177. The Morgan fingerprint density at radius 1 is 1.31 bits per heavy atom. The van der Waals surface area contributed by atoms with E-state index in [0.717, 1.165) is 11.2 Å². The highest BCUT2D eigenvalue weighted by molar-refractivity contribution is 7.89. The molecule has 176 valence electrons. The van der Waals surface area contributed by atoms with E-state index in [-0.39, 0.29) is 24.7 Å². The molecule has 0 aromatic carbocycles. The standard InChI is InChI=1S/C22H33N5O4S/c1-5-18(14-25-21(28)19-9-10-20-24-11-12-27(20)15-19)8-7-13-32(29,30)26-17-22(3,16-23-4)31-6-2/h5,7-12,15,23,26H,6,13-14,16-17H2,1-4H3,(H,25,28). The minimum atomic E-state index is -3.51. The number of carbonyl (C=O) groups excluding carboxylic acids is 1. The fourth-order valence-electron chi connectivity index (χ4n) is 3.13. The highest BCUT2D eigenvalue weighted by Crippen LogP contribution is 2.09. The van der Waals surface area contributed by atoms with Gasteiger partial charge >= 0.3 is 0 Å². The van der Waals surface area contributed by atoms with E-state index < -0.39 is 15.6 Å². The van der Waals surface area contributed by atoms with Crippen molar-refractivity contribution in [2.24, 2.45) is 0 Å². The molecule has 1 amide bonds. The van der Waals surface area contributed by atoms with Crippen LogP contribution < -0.4 is 15.4 Å². The smallest absolute Gasteiger partial charge is 0.253 e. The van der Waals surface area contributed by atoms with E-state index in [1.807, 2.05) is 26.8 Å². The van der Waals surface area contributed by atoms with Gasteiger partial charge in [-0.2, -0.15) is 0 Å². The second-order valence-electron chi connectivity index (χ2n) is 7.57. The lowest BCUT2D eigenvalue weighted by atomic mass is 10.1. The lowest BCUT2D eigenvalue weighted by Crippen LogP contribution is -2.49. The highest BCUT2D eigenvalue weighted by atomic mass is 32.2. The van der Waals surface area contributed by atoms with Gasteiger partial charge in [0.1, 0.15) is 5.65 Å². The molecule has 2 rings (SSSR count). The van der Waals surface area contributed by atoms with E-state index in [0.29, 0.717) is 18.7 Å². The Morgan fingerprint density at radius 3 is 2.78 bits per heavy atom. The van der Waals surface area contributed by atoms with Gasteiger partial charge in [-0.25, -0.2) is 18.1 Å². The quantitative estimate of drug-likeness (QED) is 0.388. The van der Waals surface area contributed by atoms with Crippen LogP contribution in [0.4, 0.5) is 0 Å². The van der Waals surface area contributed by atoms with Crippen LogP contribution in [-0.4, -0.2) is 68.4 Å². The number of rotatable bonds is 13. The number of amides is 1. The molecule has 0 spiro atoms. The maximum absolute atomic E-state index is 12.4. The van der Waals surface area contributed by atoms with Crippen molar-refractivity contribution in [1.29, 1.82) is 0 Å². The number of sulfonamides is 1. The minimum Gasteiger partial charge on any atom is -0.373 e. The van der Waals surface area contributed by atoms with Gasteiger partial charge in [0.25, 0.3) is 5.91 Å². The number of nitrogens with zero attached hydrogens (tertiary/aromatic N) is 2. The van der Waals surface area contributed by atoms with Crippen LogP contribution in [0.1, 0.15) is 31.1 Å². The monoisotopic (exact) mass is 463 g/mol. The number of aromatic nitrogens is 2. The molecule has 0 aliphatic carbocycles. The average Bonchev–Trinajstić information content (AvgIpc) is 3.23. The Morgan fingerprint density at radius 2 is 2.09 bits per heavy atom. The summed E-state index contributed by atoms with van der Waals surface area (Å²) in [5.74, 6) is -0.389. The predicted octanol–water partition coefficient (Wildman–Crippen LogP) is 1.50. The van der Waals surface area contributed by atoms with E-state index in [1.54, 1.807) is 54.3 Å². The first-order valence-electron chi connectivity index (χ1n) is 10.5. The summed E-state index contributed by atoms with van der Waals surface area (Å²) >= 11 is 0. The van der Waals surface area contributed by atoms with Gasteiger partial charge in [0.2, 0.25) is 10.0 Å². The van der Waals surface area contributed by atoms with Crippen LogP contribution in [0.25, 0.3) is 5.65 Å². The summed E-state index contributed by atoms with van der Waals surface area (Å²) in [7, 11) is -1.72. The molecule has 0 bridgehead atoms. The summed E-state index contributed by atoms with van der Waals surface area (Å²) in [6, 6.07) is 3.49. The first-order valence-corrected chi connectivity index (χ1v) is 12.2. The van der Waals surface area contributed by atoms with E-state index in [1.165, 1.54) is 0 Å². The molecule has 2 aromatic rings. The Bertz CT molecular complexity index is 1050. The molecular weight excluding hydrogens is 430 g/mol. The maximum atomic E-state index is 12.4. The molecule has 32 heavy (non-hydrogen) atoms. The molecule has 0 radical (unpaired) electrons. The van der Waals surface area contributed by atoms with Gasteiger partial charge < -0.3 is 19.8 Å². The number of hydrogen-bond acceptors (Lipinski definition) is 6. The van der Waals surface area contributed by atoms with Crippen molar-refractivity contribution < 1.29 is 17.9 Å². The number of carbonyl (C=O) groups is 1. The van der Waals surface area contributed by atoms with Gasteiger partial charge in [-0.15, -0.1) is 0 Å². The van der Waals surface area contributed by atoms with Crippen molar-refractivity contribution in [3.8, 4) is 0 Å². The summed E-state index contributed by atoms with van der Waals surface area (Å²) in [5.41, 5.74) is 1.45. The highest BCUT2D eigenvalue weighted by Gasteiger charge is 2.25. The number of hydrogen-bond donors (Lipinski definition) is 3. The van der Waals surface area contributed by atoms with E-state index >= 15 is 0 Å². The molecule has 9 nitrogen and oxygen atoms in total. The van der Waals surface area contributed by atoms with Crippen molar-refractivity contribution in [2.75, 3.05) is 39.0 Å². The average molecular weight is 464 g/mol. The number of imidazole rings is 1. The van der Waals surface area contributed by atoms with Gasteiger partial charge in [0.15, 0.2) is 0 Å². The molecule has 0 aliphatic rings. The summed E-state index contributed by atoms with van der Waals surface area (Å²) < 4.78 is 34.8. The largest absolute Gasteiger partial charge is 0.373 e. The van der Waals surface area contributed by atoms with Crippen molar-refractivity contribution in [3.63, 3.8) is 0 Å². The second-order valence-corrected chi connectivity index (χ2v) is 9.43. The van der Waals surface area contributed by atoms with Gasteiger partial charge in [-0.05, 0) is 45.5 Å². The molecule has 1 atom stereocenters. The SMILES string of the molecule is CC=C(C=CCS(=O)(=O)NCC(C)(CNC)OCC)CNC(=O)c1ccc2nccn2c1. The Balaban J connectivity index is 1.86. The molecule has 1 unspecified atom stereocenters. The van der Waals surface area contributed by atoms with Crippen LogP contribution in [0.15, 0.2) is 54.5 Å². The third-order valence-electron chi connectivity index (χ3n) is 4.83. The van der Waals surface area contributed by atoms with Gasteiger partial charge in [0, 0.05) is 44.8 Å². The molecule has 3 N–H and O–H groups in total. The number of fused-ring (bicyclic) bond motifs is 1. The summed E-state index contributed by atoms with van der Waals surface area (Å²) in [5, 5.41) is 5.86. The van der Waals surface area contributed by atoms with Crippen LogP contribution >= 0.6 is 0 Å². The molecule has 10 heteroatoms. The van der Waals surface area contributed by atoms with Crippen LogP contribution in [0.5, 0.6) is 0 Å². The first kappa shape index (κ1) is 25.7. The van der Waals surface area contributed by atoms with Crippen molar-refractivity contribution in [2.45, 2.75) is 26.4 Å². The Labute approximate surface area is 190 Å². The summed E-state index contributed by atoms with van der Waals surface area (Å²) in [6.07, 6.45) is 10.3. The number of pyridine rings is 1. The van der Waals surface area contributed by atoms with Gasteiger partial charge in [-0.3, -0.25) is 4.79 Å².